The van der Waals surface area contributed by atoms with Gasteiger partial charge in [-0.15, -0.1) is 0 Å². The Labute approximate surface area is 150 Å². The van der Waals surface area contributed by atoms with Gasteiger partial charge in [-0.2, -0.15) is 0 Å². The zero-order valence-corrected chi connectivity index (χ0v) is 14.8. The molecule has 25 heavy (non-hydrogen) atoms. The molecule has 2 fully saturated rings. The van der Waals surface area contributed by atoms with Crippen LogP contribution in [-0.4, -0.2) is 53.7 Å². The van der Waals surface area contributed by atoms with E-state index in [0.29, 0.717) is 6.04 Å². The minimum absolute atomic E-state index is 0.228. The Morgan fingerprint density at radius 1 is 1.00 bits per heavy atom. The van der Waals surface area contributed by atoms with Gasteiger partial charge in [-0.05, 0) is 43.1 Å². The predicted octanol–water partition coefficient (Wildman–Crippen LogP) is 3.12. The third kappa shape index (κ3) is 4.09. The summed E-state index contributed by atoms with van der Waals surface area (Å²) in [4.78, 5) is 9.41. The molecular formula is C21H27N3O. The number of benzene rings is 1. The Hall–Kier alpha value is -1.75. The zero-order valence-electron chi connectivity index (χ0n) is 14.8. The molecule has 0 saturated carbocycles. The predicted molar refractivity (Wildman–Crippen MR) is 99.2 cm³/mol. The van der Waals surface area contributed by atoms with E-state index < -0.39 is 0 Å². The summed E-state index contributed by atoms with van der Waals surface area (Å²) in [6.45, 7) is 6.15. The lowest BCUT2D eigenvalue weighted by molar-refractivity contribution is -0.0859. The highest BCUT2D eigenvalue weighted by Gasteiger charge is 2.35. The highest BCUT2D eigenvalue weighted by Crippen LogP contribution is 2.32. The van der Waals surface area contributed by atoms with E-state index in [1.807, 2.05) is 18.5 Å². The van der Waals surface area contributed by atoms with Gasteiger partial charge in [0.25, 0.3) is 0 Å². The molecule has 0 unspecified atom stereocenters. The normalized spacial score (nSPS) is 25.3. The SMILES string of the molecule is c1ccc([C@H]2[C@H](CN3CCCC3)OCCN2Cc2cccnc2)cc1. The quantitative estimate of drug-likeness (QED) is 0.838. The van der Waals surface area contributed by atoms with Crippen molar-refractivity contribution >= 4 is 0 Å². The summed E-state index contributed by atoms with van der Waals surface area (Å²) in [6.07, 6.45) is 6.69. The van der Waals surface area contributed by atoms with Crippen molar-refractivity contribution in [3.8, 4) is 0 Å². The molecule has 2 atom stereocenters. The molecule has 4 rings (SSSR count). The second kappa shape index (κ2) is 8.09. The first-order valence-electron chi connectivity index (χ1n) is 9.42. The summed E-state index contributed by atoms with van der Waals surface area (Å²) in [6, 6.07) is 15.3. The summed E-state index contributed by atoms with van der Waals surface area (Å²) >= 11 is 0. The first kappa shape index (κ1) is 16.7. The molecule has 0 aliphatic carbocycles. The minimum atomic E-state index is 0.228. The van der Waals surface area contributed by atoms with Gasteiger partial charge in [0.2, 0.25) is 0 Å². The van der Waals surface area contributed by atoms with Gasteiger partial charge in [0.05, 0.1) is 18.8 Å². The smallest absolute Gasteiger partial charge is 0.0899 e. The van der Waals surface area contributed by atoms with Crippen LogP contribution < -0.4 is 0 Å². The van der Waals surface area contributed by atoms with E-state index in [1.54, 1.807) is 0 Å². The van der Waals surface area contributed by atoms with E-state index in [2.05, 4.69) is 51.2 Å². The molecule has 0 amide bonds. The van der Waals surface area contributed by atoms with Crippen molar-refractivity contribution < 1.29 is 4.74 Å². The van der Waals surface area contributed by atoms with Gasteiger partial charge in [0.1, 0.15) is 0 Å². The molecule has 3 heterocycles. The second-order valence-electron chi connectivity index (χ2n) is 7.10. The van der Waals surface area contributed by atoms with Crippen LogP contribution in [0.2, 0.25) is 0 Å². The van der Waals surface area contributed by atoms with Crippen LogP contribution in [0, 0.1) is 0 Å². The Balaban J connectivity index is 1.57. The van der Waals surface area contributed by atoms with Crippen molar-refractivity contribution in [2.75, 3.05) is 32.8 Å². The van der Waals surface area contributed by atoms with Crippen molar-refractivity contribution in [2.45, 2.75) is 31.5 Å². The van der Waals surface area contributed by atoms with E-state index in [-0.39, 0.29) is 6.10 Å². The first-order chi connectivity index (χ1) is 12.4. The molecule has 0 bridgehead atoms. The highest BCUT2D eigenvalue weighted by molar-refractivity contribution is 5.22. The van der Waals surface area contributed by atoms with Gasteiger partial charge >= 0.3 is 0 Å². The van der Waals surface area contributed by atoms with Crippen LogP contribution in [0.3, 0.4) is 0 Å². The molecule has 4 heteroatoms. The van der Waals surface area contributed by atoms with Gasteiger partial charge < -0.3 is 9.64 Å². The van der Waals surface area contributed by atoms with Crippen LogP contribution in [0.4, 0.5) is 0 Å². The van der Waals surface area contributed by atoms with Crippen molar-refractivity contribution in [3.63, 3.8) is 0 Å². The number of nitrogens with zero attached hydrogens (tertiary/aromatic N) is 3. The van der Waals surface area contributed by atoms with E-state index in [0.717, 1.165) is 26.2 Å². The third-order valence-corrected chi connectivity index (χ3v) is 5.34. The van der Waals surface area contributed by atoms with Crippen LogP contribution in [0.25, 0.3) is 0 Å². The molecule has 0 N–H and O–H groups in total. The molecule has 2 aromatic rings. The largest absolute Gasteiger partial charge is 0.374 e. The topological polar surface area (TPSA) is 28.6 Å². The van der Waals surface area contributed by atoms with Crippen molar-refractivity contribution in [1.82, 2.24) is 14.8 Å². The lowest BCUT2D eigenvalue weighted by atomic mass is 9.97. The third-order valence-electron chi connectivity index (χ3n) is 5.34. The van der Waals surface area contributed by atoms with Gasteiger partial charge in [0, 0.05) is 32.0 Å². The fraction of sp³-hybridized carbons (Fsp3) is 0.476. The molecule has 1 aromatic heterocycles. The van der Waals surface area contributed by atoms with Crippen LogP contribution in [0.15, 0.2) is 54.9 Å². The maximum Gasteiger partial charge on any atom is 0.0899 e. The fourth-order valence-electron chi connectivity index (χ4n) is 4.14. The molecule has 2 aliphatic rings. The Morgan fingerprint density at radius 2 is 1.84 bits per heavy atom. The summed E-state index contributed by atoms with van der Waals surface area (Å²) in [7, 11) is 0. The van der Waals surface area contributed by atoms with Crippen LogP contribution in [0.1, 0.15) is 30.0 Å². The maximum absolute atomic E-state index is 6.28. The van der Waals surface area contributed by atoms with Crippen molar-refractivity contribution in [2.24, 2.45) is 0 Å². The van der Waals surface area contributed by atoms with E-state index in [4.69, 9.17) is 4.74 Å². The number of morpholine rings is 1. The summed E-state index contributed by atoms with van der Waals surface area (Å²) in [5.41, 5.74) is 2.63. The molecule has 1 aromatic carbocycles. The minimum Gasteiger partial charge on any atom is -0.374 e. The average molecular weight is 337 g/mol. The number of hydrogen-bond donors (Lipinski definition) is 0. The highest BCUT2D eigenvalue weighted by atomic mass is 16.5. The Kier molecular flexibility index (Phi) is 5.40. The van der Waals surface area contributed by atoms with Crippen LogP contribution in [-0.2, 0) is 11.3 Å². The Bertz CT molecular complexity index is 643. The number of aromatic nitrogens is 1. The van der Waals surface area contributed by atoms with Crippen molar-refractivity contribution in [3.05, 3.63) is 66.0 Å². The summed E-state index contributed by atoms with van der Waals surface area (Å²) in [5.74, 6) is 0. The maximum atomic E-state index is 6.28. The van der Waals surface area contributed by atoms with Crippen LogP contribution >= 0.6 is 0 Å². The van der Waals surface area contributed by atoms with Crippen molar-refractivity contribution in [1.29, 1.82) is 0 Å². The molecule has 0 spiro atoms. The first-order valence-corrected chi connectivity index (χ1v) is 9.42. The monoisotopic (exact) mass is 337 g/mol. The summed E-state index contributed by atoms with van der Waals surface area (Å²) in [5, 5.41) is 0. The van der Waals surface area contributed by atoms with Crippen LogP contribution in [0.5, 0.6) is 0 Å². The fourth-order valence-corrected chi connectivity index (χ4v) is 4.14. The number of hydrogen-bond acceptors (Lipinski definition) is 4. The van der Waals surface area contributed by atoms with E-state index >= 15 is 0 Å². The van der Waals surface area contributed by atoms with Gasteiger partial charge in [-0.1, -0.05) is 36.4 Å². The lowest BCUT2D eigenvalue weighted by Gasteiger charge is -2.42. The molecule has 2 aliphatic heterocycles. The van der Waals surface area contributed by atoms with E-state index in [9.17, 15) is 0 Å². The number of pyridine rings is 1. The second-order valence-corrected chi connectivity index (χ2v) is 7.10. The summed E-state index contributed by atoms with van der Waals surface area (Å²) < 4.78 is 6.28. The molecule has 4 nitrogen and oxygen atoms in total. The molecule has 0 radical (unpaired) electrons. The number of rotatable bonds is 5. The number of likely N-dealkylation sites (tertiary alicyclic amines) is 1. The van der Waals surface area contributed by atoms with Gasteiger partial charge in [-0.3, -0.25) is 9.88 Å². The van der Waals surface area contributed by atoms with Gasteiger partial charge in [-0.25, -0.2) is 0 Å². The zero-order chi connectivity index (χ0) is 16.9. The lowest BCUT2D eigenvalue weighted by Crippen LogP contribution is -2.49. The Morgan fingerprint density at radius 3 is 2.60 bits per heavy atom. The van der Waals surface area contributed by atoms with Gasteiger partial charge in [0.15, 0.2) is 0 Å². The average Bonchev–Trinajstić information content (AvgIpc) is 3.17. The molecule has 2 saturated heterocycles. The molecule has 132 valence electrons. The van der Waals surface area contributed by atoms with E-state index in [1.165, 1.54) is 37.1 Å². The number of ether oxygens (including phenoxy) is 1. The molecular weight excluding hydrogens is 310 g/mol. The standard InChI is InChI=1S/C21H27N3O/c1-2-8-19(9-3-1)21-20(17-23-11-4-5-12-23)25-14-13-24(21)16-18-7-6-10-22-15-18/h1-3,6-10,15,20-21H,4-5,11-14,16-17H2/t20-,21-/m0/s1.